The number of nitrogens with one attached hydrogen (secondary N) is 3. The number of fused-ring (bicyclic) bond motifs is 1. The van der Waals surface area contributed by atoms with Crippen LogP contribution in [0.5, 0.6) is 0 Å². The highest BCUT2D eigenvalue weighted by Gasteiger charge is 2.23. The summed E-state index contributed by atoms with van der Waals surface area (Å²) in [6.45, 7) is 2.21. The van der Waals surface area contributed by atoms with E-state index in [0.717, 1.165) is 23.0 Å². The van der Waals surface area contributed by atoms with E-state index in [1.54, 1.807) is 30.5 Å². The number of carbonyl (C=O) groups is 2. The Bertz CT molecular complexity index is 1310. The lowest BCUT2D eigenvalue weighted by Gasteiger charge is -2.29. The normalized spacial score (nSPS) is 17.9. The summed E-state index contributed by atoms with van der Waals surface area (Å²) in [6, 6.07) is 18.4. The Hall–Kier alpha value is -4.00. The first-order chi connectivity index (χ1) is 16.6. The smallest absolute Gasteiger partial charge is 0.256 e. The Morgan fingerprint density at radius 1 is 0.941 bits per heavy atom. The number of rotatable bonds is 5. The quantitative estimate of drug-likeness (QED) is 0.387. The topological polar surface area (TPSA) is 99.8 Å². The first-order valence-corrected chi connectivity index (χ1v) is 11.7. The molecule has 2 aromatic heterocycles. The van der Waals surface area contributed by atoms with E-state index in [2.05, 4.69) is 32.5 Å². The molecule has 1 aliphatic rings. The van der Waals surface area contributed by atoms with E-state index in [4.69, 9.17) is 0 Å². The van der Waals surface area contributed by atoms with Gasteiger partial charge < -0.3 is 15.6 Å². The highest BCUT2D eigenvalue weighted by molar-refractivity contribution is 6.05. The third-order valence-electron chi connectivity index (χ3n) is 6.50. The molecule has 5 rings (SSSR count). The van der Waals surface area contributed by atoms with Crippen LogP contribution in [0.2, 0.25) is 0 Å². The van der Waals surface area contributed by atoms with E-state index in [-0.39, 0.29) is 17.9 Å². The minimum Gasteiger partial charge on any atom is -0.349 e. The average Bonchev–Trinajstić information content (AvgIpc) is 3.30. The van der Waals surface area contributed by atoms with Crippen molar-refractivity contribution in [3.05, 3.63) is 78.0 Å². The maximum atomic E-state index is 12.7. The fourth-order valence-corrected chi connectivity index (χ4v) is 4.47. The van der Waals surface area contributed by atoms with Crippen LogP contribution in [0.25, 0.3) is 22.4 Å². The Labute approximate surface area is 198 Å². The van der Waals surface area contributed by atoms with Crippen molar-refractivity contribution in [1.29, 1.82) is 0 Å². The van der Waals surface area contributed by atoms with Crippen molar-refractivity contribution in [1.82, 2.24) is 20.3 Å². The van der Waals surface area contributed by atoms with Crippen LogP contribution in [0, 0.1) is 5.92 Å². The lowest BCUT2D eigenvalue weighted by atomic mass is 9.86. The molecule has 7 heteroatoms. The van der Waals surface area contributed by atoms with Gasteiger partial charge in [-0.3, -0.25) is 9.59 Å². The summed E-state index contributed by atoms with van der Waals surface area (Å²) in [5.41, 5.74) is 3.55. The molecule has 0 aliphatic heterocycles. The number of aromatic amines is 1. The molecule has 34 heavy (non-hydrogen) atoms. The maximum Gasteiger partial charge on any atom is 0.256 e. The number of aromatic nitrogens is 3. The molecule has 1 aliphatic carbocycles. The predicted molar refractivity (Wildman–Crippen MR) is 133 cm³/mol. The molecular formula is C27H27N5O2. The minimum absolute atomic E-state index is 0.0292. The fraction of sp³-hybridized carbons (Fsp3) is 0.259. The van der Waals surface area contributed by atoms with Crippen LogP contribution < -0.4 is 10.6 Å². The van der Waals surface area contributed by atoms with Crippen molar-refractivity contribution in [2.75, 3.05) is 5.32 Å². The first kappa shape index (κ1) is 21.8. The Morgan fingerprint density at radius 2 is 1.74 bits per heavy atom. The molecule has 0 bridgehead atoms. The molecule has 0 radical (unpaired) electrons. The zero-order valence-corrected chi connectivity index (χ0v) is 19.0. The number of amides is 2. The largest absolute Gasteiger partial charge is 0.349 e. The molecule has 7 nitrogen and oxygen atoms in total. The van der Waals surface area contributed by atoms with Gasteiger partial charge in [-0.1, -0.05) is 38.0 Å². The molecule has 2 atom stereocenters. The van der Waals surface area contributed by atoms with Gasteiger partial charge in [0.25, 0.3) is 11.8 Å². The maximum absolute atomic E-state index is 12.7. The molecule has 2 amide bonds. The minimum atomic E-state index is -0.237. The van der Waals surface area contributed by atoms with Gasteiger partial charge in [0.1, 0.15) is 11.6 Å². The van der Waals surface area contributed by atoms with Crippen molar-refractivity contribution in [2.24, 2.45) is 5.92 Å². The van der Waals surface area contributed by atoms with Gasteiger partial charge in [-0.15, -0.1) is 0 Å². The third kappa shape index (κ3) is 4.69. The summed E-state index contributed by atoms with van der Waals surface area (Å²) in [4.78, 5) is 37.3. The number of hydrogen-bond acceptors (Lipinski definition) is 4. The van der Waals surface area contributed by atoms with Crippen LogP contribution in [0.15, 0.2) is 66.9 Å². The van der Waals surface area contributed by atoms with Crippen LogP contribution in [0.4, 0.5) is 5.82 Å². The molecule has 4 aromatic rings. The van der Waals surface area contributed by atoms with Gasteiger partial charge in [0.2, 0.25) is 0 Å². The fourth-order valence-electron chi connectivity index (χ4n) is 4.47. The van der Waals surface area contributed by atoms with Gasteiger partial charge in [-0.25, -0.2) is 9.97 Å². The zero-order valence-electron chi connectivity index (χ0n) is 19.0. The number of carbonyl (C=O) groups excluding carboxylic acids is 2. The SMILES string of the molecule is CC1CCCCC1NC(=O)c1ccc(-c2nc3ccc(C(=O)Nc4ccccn4)cc3[nH]2)cc1. The second-order valence-electron chi connectivity index (χ2n) is 8.91. The van der Waals surface area contributed by atoms with Gasteiger partial charge in [-0.05, 0) is 61.2 Å². The molecule has 0 spiro atoms. The summed E-state index contributed by atoms with van der Waals surface area (Å²) in [6.07, 6.45) is 6.27. The molecule has 1 saturated carbocycles. The van der Waals surface area contributed by atoms with E-state index in [1.807, 2.05) is 36.4 Å². The van der Waals surface area contributed by atoms with E-state index in [9.17, 15) is 9.59 Å². The number of H-pyrrole nitrogens is 1. The third-order valence-corrected chi connectivity index (χ3v) is 6.50. The van der Waals surface area contributed by atoms with Crippen molar-refractivity contribution >= 4 is 28.7 Å². The highest BCUT2D eigenvalue weighted by atomic mass is 16.2. The summed E-state index contributed by atoms with van der Waals surface area (Å²) < 4.78 is 0. The number of nitrogens with zero attached hydrogens (tertiary/aromatic N) is 2. The number of pyridine rings is 1. The van der Waals surface area contributed by atoms with Crippen LogP contribution in [0.3, 0.4) is 0 Å². The molecule has 2 heterocycles. The second-order valence-corrected chi connectivity index (χ2v) is 8.91. The van der Waals surface area contributed by atoms with Crippen LogP contribution >= 0.6 is 0 Å². The van der Waals surface area contributed by atoms with E-state index in [0.29, 0.717) is 28.7 Å². The summed E-state index contributed by atoms with van der Waals surface area (Å²) in [5, 5.41) is 5.98. The standard InChI is InChI=1S/C27H27N5O2/c1-17-6-2-3-7-21(17)31-26(33)19-11-9-18(10-12-19)25-29-22-14-13-20(16-23(22)30-25)27(34)32-24-8-4-5-15-28-24/h4-5,8-17,21H,2-3,6-7H2,1H3,(H,29,30)(H,31,33)(H,28,32,34). The van der Waals surface area contributed by atoms with E-state index < -0.39 is 0 Å². The number of anilines is 1. The van der Waals surface area contributed by atoms with Crippen LogP contribution in [-0.4, -0.2) is 32.8 Å². The number of benzene rings is 2. The molecular weight excluding hydrogens is 426 g/mol. The first-order valence-electron chi connectivity index (χ1n) is 11.7. The molecule has 3 N–H and O–H groups in total. The highest BCUT2D eigenvalue weighted by Crippen LogP contribution is 2.25. The van der Waals surface area contributed by atoms with Crippen LogP contribution in [0.1, 0.15) is 53.3 Å². The number of hydrogen-bond donors (Lipinski definition) is 3. The zero-order chi connectivity index (χ0) is 23.5. The monoisotopic (exact) mass is 453 g/mol. The summed E-state index contributed by atoms with van der Waals surface area (Å²) >= 11 is 0. The van der Waals surface area contributed by atoms with E-state index in [1.165, 1.54) is 19.3 Å². The van der Waals surface area contributed by atoms with E-state index >= 15 is 0 Å². The van der Waals surface area contributed by atoms with Crippen LogP contribution in [-0.2, 0) is 0 Å². The Morgan fingerprint density at radius 3 is 2.50 bits per heavy atom. The summed E-state index contributed by atoms with van der Waals surface area (Å²) in [5.74, 6) is 1.44. The lowest BCUT2D eigenvalue weighted by Crippen LogP contribution is -2.41. The Kier molecular flexibility index (Phi) is 6.08. The van der Waals surface area contributed by atoms with Gasteiger partial charge in [0, 0.05) is 28.9 Å². The molecule has 2 aromatic carbocycles. The molecule has 2 unspecified atom stereocenters. The van der Waals surface area contributed by atoms with Gasteiger partial charge in [0.05, 0.1) is 11.0 Å². The molecule has 172 valence electrons. The predicted octanol–water partition coefficient (Wildman–Crippen LogP) is 5.19. The number of imidazole rings is 1. The van der Waals surface area contributed by atoms with Crippen molar-refractivity contribution in [3.8, 4) is 11.4 Å². The van der Waals surface area contributed by atoms with Gasteiger partial charge in [0.15, 0.2) is 0 Å². The molecule has 0 saturated heterocycles. The van der Waals surface area contributed by atoms with Crippen molar-refractivity contribution < 1.29 is 9.59 Å². The second kappa shape index (κ2) is 9.47. The van der Waals surface area contributed by atoms with Gasteiger partial charge >= 0.3 is 0 Å². The Balaban J connectivity index is 1.30. The summed E-state index contributed by atoms with van der Waals surface area (Å²) in [7, 11) is 0. The van der Waals surface area contributed by atoms with Gasteiger partial charge in [-0.2, -0.15) is 0 Å². The van der Waals surface area contributed by atoms with Crippen molar-refractivity contribution in [2.45, 2.75) is 38.6 Å². The average molecular weight is 454 g/mol. The van der Waals surface area contributed by atoms with Crippen molar-refractivity contribution in [3.63, 3.8) is 0 Å². The molecule has 1 fully saturated rings. The lowest BCUT2D eigenvalue weighted by molar-refractivity contribution is 0.0909.